The van der Waals surface area contributed by atoms with E-state index in [2.05, 4.69) is 20.5 Å². The van der Waals surface area contributed by atoms with Gasteiger partial charge in [0.2, 0.25) is 5.91 Å². The number of nitrogens with zero attached hydrogens (tertiary/aromatic N) is 3. The lowest BCUT2D eigenvalue weighted by Gasteiger charge is -2.35. The van der Waals surface area contributed by atoms with Gasteiger partial charge >= 0.3 is 6.09 Å². The quantitative estimate of drug-likeness (QED) is 0.368. The van der Waals surface area contributed by atoms with Crippen molar-refractivity contribution in [2.24, 2.45) is 4.99 Å². The zero-order valence-corrected chi connectivity index (χ0v) is 16.5. The van der Waals surface area contributed by atoms with Crippen LogP contribution >= 0.6 is 24.0 Å². The number of ether oxygens (including phenoxy) is 1. The Labute approximate surface area is 155 Å². The molecule has 1 fully saturated rings. The molecule has 1 heterocycles. The highest BCUT2D eigenvalue weighted by molar-refractivity contribution is 14.0. The summed E-state index contributed by atoms with van der Waals surface area (Å²) in [6, 6.07) is 0. The molecule has 23 heavy (non-hydrogen) atoms. The zero-order chi connectivity index (χ0) is 16.4. The Balaban J connectivity index is 0.00000484. The summed E-state index contributed by atoms with van der Waals surface area (Å²) in [7, 11) is 0. The third kappa shape index (κ3) is 7.71. The lowest BCUT2D eigenvalue weighted by molar-refractivity contribution is -0.119. The Bertz CT molecular complexity index is 398. The Morgan fingerprint density at radius 1 is 1.00 bits per heavy atom. The van der Waals surface area contributed by atoms with Crippen molar-refractivity contribution in [2.75, 3.05) is 52.4 Å². The van der Waals surface area contributed by atoms with Crippen LogP contribution in [0.15, 0.2) is 4.99 Å². The minimum Gasteiger partial charge on any atom is -0.450 e. The maximum Gasteiger partial charge on any atom is 0.409 e. The molecule has 0 radical (unpaired) electrons. The first-order valence-corrected chi connectivity index (χ1v) is 7.83. The molecule has 1 rings (SSSR count). The normalized spacial score (nSPS) is 14.8. The van der Waals surface area contributed by atoms with Gasteiger partial charge in [-0.1, -0.05) is 0 Å². The summed E-state index contributed by atoms with van der Waals surface area (Å²) in [5.41, 5.74) is 0. The molecule has 134 valence electrons. The number of piperazine rings is 1. The predicted octanol–water partition coefficient (Wildman–Crippen LogP) is 0.480. The van der Waals surface area contributed by atoms with Crippen LogP contribution in [0, 0.1) is 0 Å². The molecule has 0 unspecified atom stereocenters. The summed E-state index contributed by atoms with van der Waals surface area (Å²) in [5, 5.41) is 5.90. The molecule has 8 nitrogen and oxygen atoms in total. The van der Waals surface area contributed by atoms with Gasteiger partial charge in [-0.25, -0.2) is 9.79 Å². The third-order valence-corrected chi connectivity index (χ3v) is 3.19. The lowest BCUT2D eigenvalue weighted by atomic mass is 10.3. The van der Waals surface area contributed by atoms with Gasteiger partial charge in [0.15, 0.2) is 5.96 Å². The fourth-order valence-electron chi connectivity index (χ4n) is 2.14. The standard InChI is InChI=1S/C14H27N5O3.HI/c1-4-15-12(20)11-17-13(16-5-2)18-7-9-19(10-8-18)14(21)22-6-3;/h4-11H2,1-3H3,(H,15,20)(H,16,17);1H. The number of hydrogen-bond acceptors (Lipinski definition) is 4. The van der Waals surface area contributed by atoms with E-state index in [0.717, 1.165) is 6.54 Å². The number of hydrogen-bond donors (Lipinski definition) is 2. The molecule has 0 bridgehead atoms. The number of aliphatic imine (C=N–C) groups is 1. The fraction of sp³-hybridized carbons (Fsp3) is 0.786. The molecule has 2 N–H and O–H groups in total. The van der Waals surface area contributed by atoms with Crippen molar-refractivity contribution < 1.29 is 14.3 Å². The second-order valence-corrected chi connectivity index (χ2v) is 4.80. The van der Waals surface area contributed by atoms with Crippen molar-refractivity contribution in [2.45, 2.75) is 20.8 Å². The Kier molecular flexibility index (Phi) is 11.5. The zero-order valence-electron chi connectivity index (χ0n) is 14.1. The van der Waals surface area contributed by atoms with Crippen molar-refractivity contribution >= 4 is 41.9 Å². The minimum absolute atomic E-state index is 0. The monoisotopic (exact) mass is 441 g/mol. The summed E-state index contributed by atoms with van der Waals surface area (Å²) < 4.78 is 5.00. The van der Waals surface area contributed by atoms with Crippen LogP contribution in [0.5, 0.6) is 0 Å². The van der Waals surface area contributed by atoms with Gasteiger partial charge < -0.3 is 25.2 Å². The smallest absolute Gasteiger partial charge is 0.409 e. The van der Waals surface area contributed by atoms with Crippen molar-refractivity contribution in [3.8, 4) is 0 Å². The molecule has 0 aromatic heterocycles. The van der Waals surface area contributed by atoms with Crippen LogP contribution in [0.3, 0.4) is 0 Å². The largest absolute Gasteiger partial charge is 0.450 e. The van der Waals surface area contributed by atoms with E-state index in [1.54, 1.807) is 11.8 Å². The van der Waals surface area contributed by atoms with Crippen LogP contribution in [0.1, 0.15) is 20.8 Å². The fourth-order valence-corrected chi connectivity index (χ4v) is 2.14. The van der Waals surface area contributed by atoms with E-state index in [0.29, 0.717) is 45.3 Å². The number of likely N-dealkylation sites (N-methyl/N-ethyl adjacent to an activating group) is 1. The third-order valence-electron chi connectivity index (χ3n) is 3.19. The topological polar surface area (TPSA) is 86.3 Å². The molecule has 0 aromatic carbocycles. The number of halogens is 1. The molecule has 0 atom stereocenters. The molecule has 9 heteroatoms. The number of carbonyl (C=O) groups excluding carboxylic acids is 2. The summed E-state index contributed by atoms with van der Waals surface area (Å²) >= 11 is 0. The SMILES string of the molecule is CCNC(=O)CN=C(NCC)N1CCN(C(=O)OCC)CC1.I. The molecule has 2 amide bonds. The maximum absolute atomic E-state index is 11.7. The van der Waals surface area contributed by atoms with Crippen LogP contribution in [-0.2, 0) is 9.53 Å². The molecule has 1 saturated heterocycles. The number of nitrogens with one attached hydrogen (secondary N) is 2. The van der Waals surface area contributed by atoms with Gasteiger partial charge in [0.25, 0.3) is 0 Å². The van der Waals surface area contributed by atoms with Crippen molar-refractivity contribution in [1.82, 2.24) is 20.4 Å². The van der Waals surface area contributed by atoms with E-state index in [-0.39, 0.29) is 42.5 Å². The van der Waals surface area contributed by atoms with E-state index in [1.807, 2.05) is 13.8 Å². The van der Waals surface area contributed by atoms with Gasteiger partial charge in [-0.05, 0) is 20.8 Å². The summed E-state index contributed by atoms with van der Waals surface area (Å²) in [6.07, 6.45) is -0.272. The first kappa shape index (κ1) is 21.7. The first-order valence-electron chi connectivity index (χ1n) is 7.83. The van der Waals surface area contributed by atoms with Crippen molar-refractivity contribution in [1.29, 1.82) is 0 Å². The molecular formula is C14H28IN5O3. The number of carbonyl (C=O) groups is 2. The van der Waals surface area contributed by atoms with E-state index < -0.39 is 0 Å². The summed E-state index contributed by atoms with van der Waals surface area (Å²) in [6.45, 7) is 9.98. The Morgan fingerprint density at radius 2 is 1.57 bits per heavy atom. The molecule has 1 aliphatic heterocycles. The highest BCUT2D eigenvalue weighted by Crippen LogP contribution is 2.04. The highest BCUT2D eigenvalue weighted by Gasteiger charge is 2.23. The summed E-state index contributed by atoms with van der Waals surface area (Å²) in [4.78, 5) is 31.3. The minimum atomic E-state index is -0.272. The Hall–Kier alpha value is -1.26. The van der Waals surface area contributed by atoms with E-state index in [1.165, 1.54) is 0 Å². The van der Waals surface area contributed by atoms with Gasteiger partial charge in [0.1, 0.15) is 6.54 Å². The first-order chi connectivity index (χ1) is 10.6. The average molecular weight is 441 g/mol. The summed E-state index contributed by atoms with van der Waals surface area (Å²) in [5.74, 6) is 0.611. The van der Waals surface area contributed by atoms with Crippen LogP contribution in [0.2, 0.25) is 0 Å². The van der Waals surface area contributed by atoms with Crippen molar-refractivity contribution in [3.63, 3.8) is 0 Å². The second-order valence-electron chi connectivity index (χ2n) is 4.80. The van der Waals surface area contributed by atoms with Gasteiger partial charge in [0.05, 0.1) is 6.61 Å². The predicted molar refractivity (Wildman–Crippen MR) is 100 cm³/mol. The highest BCUT2D eigenvalue weighted by atomic mass is 127. The molecular weight excluding hydrogens is 413 g/mol. The number of guanidine groups is 1. The van der Waals surface area contributed by atoms with E-state index >= 15 is 0 Å². The Morgan fingerprint density at radius 3 is 2.09 bits per heavy atom. The molecule has 0 aliphatic carbocycles. The molecule has 0 aromatic rings. The van der Waals surface area contributed by atoms with Gasteiger partial charge in [-0.15, -0.1) is 24.0 Å². The molecule has 0 spiro atoms. The number of amides is 2. The van der Waals surface area contributed by atoms with Crippen LogP contribution < -0.4 is 10.6 Å². The number of rotatable bonds is 5. The lowest BCUT2D eigenvalue weighted by Crippen LogP contribution is -2.54. The van der Waals surface area contributed by atoms with Crippen molar-refractivity contribution in [3.05, 3.63) is 0 Å². The van der Waals surface area contributed by atoms with E-state index in [9.17, 15) is 9.59 Å². The van der Waals surface area contributed by atoms with Crippen LogP contribution in [-0.4, -0.2) is 80.2 Å². The molecule has 1 aliphatic rings. The van der Waals surface area contributed by atoms with Gasteiger partial charge in [-0.2, -0.15) is 0 Å². The van der Waals surface area contributed by atoms with Gasteiger partial charge in [-0.3, -0.25) is 4.79 Å². The van der Waals surface area contributed by atoms with Crippen LogP contribution in [0.4, 0.5) is 4.79 Å². The maximum atomic E-state index is 11.7. The van der Waals surface area contributed by atoms with Crippen LogP contribution in [0.25, 0.3) is 0 Å². The van der Waals surface area contributed by atoms with E-state index in [4.69, 9.17) is 4.74 Å². The average Bonchev–Trinajstić information content (AvgIpc) is 2.52. The molecule has 0 saturated carbocycles. The van der Waals surface area contributed by atoms with Gasteiger partial charge in [0, 0.05) is 39.3 Å². The second kappa shape index (κ2) is 12.2.